The Morgan fingerprint density at radius 1 is 1.12 bits per heavy atom. The molecule has 134 valence electrons. The van der Waals surface area contributed by atoms with Crippen LogP contribution in [0.1, 0.15) is 18.4 Å². The Morgan fingerprint density at radius 2 is 1.92 bits per heavy atom. The number of rotatable bonds is 7. The van der Waals surface area contributed by atoms with E-state index in [-0.39, 0.29) is 11.4 Å². The Morgan fingerprint density at radius 3 is 2.68 bits per heavy atom. The van der Waals surface area contributed by atoms with Crippen LogP contribution in [0, 0.1) is 6.92 Å². The van der Waals surface area contributed by atoms with Crippen LogP contribution in [0.3, 0.4) is 0 Å². The van der Waals surface area contributed by atoms with Crippen LogP contribution in [0.4, 0.5) is 11.6 Å². The molecule has 25 heavy (non-hydrogen) atoms. The number of aryl methyl sites for hydroxylation is 1. The maximum absolute atomic E-state index is 12.3. The Hall–Kier alpha value is -2.19. The van der Waals surface area contributed by atoms with Crippen molar-refractivity contribution < 1.29 is 8.42 Å². The summed E-state index contributed by atoms with van der Waals surface area (Å²) in [6.07, 6.45) is 3.91. The highest BCUT2D eigenvalue weighted by molar-refractivity contribution is 7.89. The molecule has 2 aromatic rings. The standard InChI is InChI=1S/C17H23N5O2S/c1-14-5-4-6-15(11-14)25(23,24)21-8-7-18-16-12-17(20-13-19-16)22-9-2-3-10-22/h4-6,11-13,21H,2-3,7-10H2,1H3,(H,18,19,20). The van der Waals surface area contributed by atoms with Crippen molar-refractivity contribution in [2.45, 2.75) is 24.7 Å². The number of nitrogens with zero attached hydrogens (tertiary/aromatic N) is 3. The summed E-state index contributed by atoms with van der Waals surface area (Å²) in [6.45, 7) is 4.63. The fraction of sp³-hybridized carbons (Fsp3) is 0.412. The van der Waals surface area contributed by atoms with E-state index >= 15 is 0 Å². The summed E-state index contributed by atoms with van der Waals surface area (Å²) in [7, 11) is -3.49. The van der Waals surface area contributed by atoms with Gasteiger partial charge in [-0.25, -0.2) is 23.1 Å². The van der Waals surface area contributed by atoms with E-state index in [2.05, 4.69) is 24.9 Å². The van der Waals surface area contributed by atoms with Crippen LogP contribution in [0.2, 0.25) is 0 Å². The second-order valence-corrected chi connectivity index (χ2v) is 7.86. The minimum Gasteiger partial charge on any atom is -0.369 e. The molecule has 1 saturated heterocycles. The lowest BCUT2D eigenvalue weighted by molar-refractivity contribution is 0.583. The van der Waals surface area contributed by atoms with Gasteiger partial charge in [-0.1, -0.05) is 12.1 Å². The van der Waals surface area contributed by atoms with E-state index in [0.29, 0.717) is 12.4 Å². The summed E-state index contributed by atoms with van der Waals surface area (Å²) in [5, 5.41) is 3.14. The second-order valence-electron chi connectivity index (χ2n) is 6.10. The predicted octanol–water partition coefficient (Wildman–Crippen LogP) is 1.78. The zero-order valence-corrected chi connectivity index (χ0v) is 15.1. The monoisotopic (exact) mass is 361 g/mol. The molecule has 1 aromatic heterocycles. The van der Waals surface area contributed by atoms with Crippen molar-refractivity contribution in [3.05, 3.63) is 42.2 Å². The smallest absolute Gasteiger partial charge is 0.240 e. The van der Waals surface area contributed by atoms with Crippen molar-refractivity contribution in [3.8, 4) is 0 Å². The first-order valence-electron chi connectivity index (χ1n) is 8.42. The fourth-order valence-electron chi connectivity index (χ4n) is 2.80. The highest BCUT2D eigenvalue weighted by Gasteiger charge is 2.15. The van der Waals surface area contributed by atoms with Crippen LogP contribution < -0.4 is 14.9 Å². The van der Waals surface area contributed by atoms with E-state index in [0.717, 1.165) is 24.5 Å². The number of hydrogen-bond donors (Lipinski definition) is 2. The van der Waals surface area contributed by atoms with Gasteiger partial charge in [-0.05, 0) is 37.5 Å². The Kier molecular flexibility index (Phi) is 5.50. The third-order valence-corrected chi connectivity index (χ3v) is 5.56. The first-order chi connectivity index (χ1) is 12.0. The molecule has 0 unspecified atom stereocenters. The number of nitrogens with one attached hydrogen (secondary N) is 2. The van der Waals surface area contributed by atoms with E-state index in [9.17, 15) is 8.42 Å². The lowest BCUT2D eigenvalue weighted by Gasteiger charge is -2.16. The normalized spacial score (nSPS) is 14.7. The predicted molar refractivity (Wildman–Crippen MR) is 98.3 cm³/mol. The van der Waals surface area contributed by atoms with Crippen molar-refractivity contribution in [1.82, 2.24) is 14.7 Å². The third-order valence-electron chi connectivity index (χ3n) is 4.11. The van der Waals surface area contributed by atoms with Gasteiger partial charge in [-0.15, -0.1) is 0 Å². The van der Waals surface area contributed by atoms with E-state index in [1.54, 1.807) is 18.2 Å². The van der Waals surface area contributed by atoms with Crippen molar-refractivity contribution >= 4 is 21.7 Å². The minimum atomic E-state index is -3.49. The highest BCUT2D eigenvalue weighted by atomic mass is 32.2. The molecule has 0 radical (unpaired) electrons. The van der Waals surface area contributed by atoms with Crippen LogP contribution in [0.5, 0.6) is 0 Å². The van der Waals surface area contributed by atoms with Gasteiger partial charge < -0.3 is 10.2 Å². The van der Waals surface area contributed by atoms with Crippen LogP contribution in [-0.2, 0) is 10.0 Å². The molecule has 2 heterocycles. The lowest BCUT2D eigenvalue weighted by Crippen LogP contribution is -2.29. The van der Waals surface area contributed by atoms with Gasteiger partial charge in [0.1, 0.15) is 18.0 Å². The van der Waals surface area contributed by atoms with E-state index in [1.165, 1.54) is 19.2 Å². The molecule has 0 spiro atoms. The summed E-state index contributed by atoms with van der Waals surface area (Å²) in [5.74, 6) is 1.61. The van der Waals surface area contributed by atoms with Crippen molar-refractivity contribution in [2.75, 3.05) is 36.4 Å². The Balaban J connectivity index is 1.52. The average Bonchev–Trinajstić information content (AvgIpc) is 3.14. The third kappa shape index (κ3) is 4.67. The number of anilines is 2. The summed E-state index contributed by atoms with van der Waals surface area (Å²) in [6, 6.07) is 8.76. The molecule has 8 heteroatoms. The SMILES string of the molecule is Cc1cccc(S(=O)(=O)NCCNc2cc(N3CCCC3)ncn2)c1. The summed E-state index contributed by atoms with van der Waals surface area (Å²) in [5.41, 5.74) is 0.913. The number of hydrogen-bond acceptors (Lipinski definition) is 6. The number of aromatic nitrogens is 2. The molecule has 1 aliphatic heterocycles. The summed E-state index contributed by atoms with van der Waals surface area (Å²) >= 11 is 0. The largest absolute Gasteiger partial charge is 0.369 e. The first-order valence-corrected chi connectivity index (χ1v) is 9.90. The van der Waals surface area contributed by atoms with E-state index < -0.39 is 10.0 Å². The first kappa shape index (κ1) is 17.6. The Labute approximate surface area is 148 Å². The quantitative estimate of drug-likeness (QED) is 0.731. The lowest BCUT2D eigenvalue weighted by atomic mass is 10.2. The molecule has 0 bridgehead atoms. The molecule has 1 aromatic carbocycles. The second kappa shape index (κ2) is 7.79. The van der Waals surface area contributed by atoms with Gasteiger partial charge >= 0.3 is 0 Å². The zero-order chi connectivity index (χ0) is 17.7. The highest BCUT2D eigenvalue weighted by Crippen LogP contribution is 2.19. The molecule has 1 fully saturated rings. The molecule has 0 atom stereocenters. The van der Waals surface area contributed by atoms with Crippen molar-refractivity contribution in [3.63, 3.8) is 0 Å². The maximum Gasteiger partial charge on any atom is 0.240 e. The average molecular weight is 361 g/mol. The van der Waals surface area contributed by atoms with Crippen LogP contribution >= 0.6 is 0 Å². The van der Waals surface area contributed by atoms with Gasteiger partial charge in [0, 0.05) is 32.2 Å². The van der Waals surface area contributed by atoms with Crippen LogP contribution in [0.15, 0.2) is 41.6 Å². The molecular formula is C17H23N5O2S. The molecule has 0 amide bonds. The topological polar surface area (TPSA) is 87.2 Å². The molecule has 1 aliphatic rings. The van der Waals surface area contributed by atoms with Gasteiger partial charge in [-0.2, -0.15) is 0 Å². The van der Waals surface area contributed by atoms with Crippen LogP contribution in [-0.4, -0.2) is 44.6 Å². The van der Waals surface area contributed by atoms with Gasteiger partial charge in [0.25, 0.3) is 0 Å². The maximum atomic E-state index is 12.3. The van der Waals surface area contributed by atoms with E-state index in [4.69, 9.17) is 0 Å². The van der Waals surface area contributed by atoms with Gasteiger partial charge in [0.15, 0.2) is 0 Å². The van der Waals surface area contributed by atoms with Crippen LogP contribution in [0.25, 0.3) is 0 Å². The molecule has 0 aliphatic carbocycles. The minimum absolute atomic E-state index is 0.277. The van der Waals surface area contributed by atoms with Gasteiger partial charge in [0.2, 0.25) is 10.0 Å². The number of benzene rings is 1. The van der Waals surface area contributed by atoms with Crippen molar-refractivity contribution in [1.29, 1.82) is 0 Å². The molecule has 7 nitrogen and oxygen atoms in total. The van der Waals surface area contributed by atoms with Crippen molar-refractivity contribution in [2.24, 2.45) is 0 Å². The van der Waals surface area contributed by atoms with Gasteiger partial charge in [0.05, 0.1) is 4.90 Å². The summed E-state index contributed by atoms with van der Waals surface area (Å²) < 4.78 is 27.1. The summed E-state index contributed by atoms with van der Waals surface area (Å²) in [4.78, 5) is 11.0. The molecule has 3 rings (SSSR count). The molecular weight excluding hydrogens is 338 g/mol. The molecule has 2 N–H and O–H groups in total. The van der Waals surface area contributed by atoms with E-state index in [1.807, 2.05) is 19.1 Å². The van der Waals surface area contributed by atoms with Gasteiger partial charge in [-0.3, -0.25) is 0 Å². The zero-order valence-electron chi connectivity index (χ0n) is 14.3. The number of sulfonamides is 1. The Bertz CT molecular complexity index is 819. The molecule has 0 saturated carbocycles. The fourth-order valence-corrected chi connectivity index (χ4v) is 3.94.